The van der Waals surface area contributed by atoms with Crippen LogP contribution in [0.15, 0.2) is 17.5 Å². The van der Waals surface area contributed by atoms with E-state index in [2.05, 4.69) is 43.0 Å². The molecule has 0 N–H and O–H groups in total. The molecule has 1 aromatic heterocycles. The zero-order chi connectivity index (χ0) is 6.91. The molecule has 50 valence electrons. The first kappa shape index (κ1) is 7.83. The van der Waals surface area contributed by atoms with Crippen molar-refractivity contribution in [2.24, 2.45) is 0 Å². The molecule has 0 bridgehead atoms. The van der Waals surface area contributed by atoms with Crippen LogP contribution in [0.3, 0.4) is 0 Å². The summed E-state index contributed by atoms with van der Waals surface area (Å²) in [7, 11) is 0. The molecule has 0 amide bonds. The van der Waals surface area contributed by atoms with Crippen LogP contribution in [0, 0.1) is 0 Å². The van der Waals surface area contributed by atoms with E-state index in [1.165, 1.54) is 0 Å². The van der Waals surface area contributed by atoms with Gasteiger partial charge >= 0.3 is 69.5 Å². The molecule has 0 spiro atoms. The van der Waals surface area contributed by atoms with E-state index < -0.39 is 11.4 Å². The maximum atomic E-state index is 3.76. The van der Waals surface area contributed by atoms with Gasteiger partial charge in [-0.1, -0.05) is 0 Å². The molecule has 3 heteroatoms. The van der Waals surface area contributed by atoms with Crippen LogP contribution >= 0.6 is 25.3 Å². The zero-order valence-electron chi connectivity index (χ0n) is 5.52. The molecule has 0 fully saturated rings. The van der Waals surface area contributed by atoms with Gasteiger partial charge in [0.1, 0.15) is 0 Å². The van der Waals surface area contributed by atoms with Crippen molar-refractivity contribution in [2.75, 3.05) is 0 Å². The van der Waals surface area contributed by atoms with Crippen molar-refractivity contribution in [3.05, 3.63) is 17.5 Å². The van der Waals surface area contributed by atoms with Gasteiger partial charge < -0.3 is 0 Å². The normalized spacial score (nSPS) is 11.9. The van der Waals surface area contributed by atoms with Gasteiger partial charge in [-0.15, -0.1) is 0 Å². The molecule has 9 heavy (non-hydrogen) atoms. The molecule has 0 saturated carbocycles. The third kappa shape index (κ3) is 2.09. The summed E-state index contributed by atoms with van der Waals surface area (Å²) in [4.78, 5) is 0. The molecule has 0 nitrogen and oxygen atoms in total. The summed E-state index contributed by atoms with van der Waals surface area (Å²) in [6.07, 6.45) is 0. The van der Waals surface area contributed by atoms with Crippen molar-refractivity contribution in [1.29, 1.82) is 0 Å². The van der Waals surface area contributed by atoms with Crippen molar-refractivity contribution >= 4 is 40.5 Å². The fourth-order valence-electron chi connectivity index (χ4n) is 0.617. The molecular weight excluding hydrogens is 257 g/mol. The Balaban J connectivity index is 2.90. The van der Waals surface area contributed by atoms with Gasteiger partial charge in [0, 0.05) is 0 Å². The first-order chi connectivity index (χ1) is 4.11. The van der Waals surface area contributed by atoms with Gasteiger partial charge in [0.15, 0.2) is 0 Å². The molecule has 1 aromatic rings. The summed E-state index contributed by atoms with van der Waals surface area (Å²) in [6.45, 7) is 0. The van der Waals surface area contributed by atoms with E-state index in [1.54, 1.807) is 3.71 Å². The number of hydrogen-bond acceptors (Lipinski definition) is 1. The van der Waals surface area contributed by atoms with Crippen molar-refractivity contribution in [3.63, 3.8) is 0 Å². The van der Waals surface area contributed by atoms with Crippen molar-refractivity contribution < 1.29 is 0 Å². The maximum absolute atomic E-state index is 3.76. The summed E-state index contributed by atoms with van der Waals surface area (Å²) >= 11 is 4.02. The van der Waals surface area contributed by atoms with E-state index in [4.69, 9.17) is 0 Å². The average molecular weight is 266 g/mol. The molecule has 0 radical (unpaired) electrons. The standard InChI is InChI=1S/C6H9BrGeS/c1-8(2,7)6-4-3-5-9-6/h3-5H,1-2H3. The molecule has 0 aliphatic heterocycles. The van der Waals surface area contributed by atoms with Gasteiger partial charge in [-0.05, 0) is 0 Å². The van der Waals surface area contributed by atoms with Crippen LogP contribution in [0.4, 0.5) is 0 Å². The number of halogens is 1. The van der Waals surface area contributed by atoms with Gasteiger partial charge in [-0.25, -0.2) is 0 Å². The third-order valence-corrected chi connectivity index (χ3v) is 11.6. The molecule has 0 aromatic carbocycles. The van der Waals surface area contributed by atoms with Gasteiger partial charge in [0.25, 0.3) is 0 Å². The molecule has 1 heterocycles. The first-order valence-electron chi connectivity index (χ1n) is 2.83. The van der Waals surface area contributed by atoms with Gasteiger partial charge in [-0.2, -0.15) is 0 Å². The van der Waals surface area contributed by atoms with Crippen LogP contribution < -0.4 is 3.71 Å². The summed E-state index contributed by atoms with van der Waals surface area (Å²) < 4.78 is 1.56. The Bertz CT molecular complexity index is 175. The Morgan fingerprint density at radius 1 is 1.56 bits per heavy atom. The van der Waals surface area contributed by atoms with E-state index in [-0.39, 0.29) is 0 Å². The van der Waals surface area contributed by atoms with E-state index in [1.807, 2.05) is 11.3 Å². The van der Waals surface area contributed by atoms with E-state index in [9.17, 15) is 0 Å². The van der Waals surface area contributed by atoms with E-state index in [0.29, 0.717) is 0 Å². The molecule has 0 atom stereocenters. The predicted octanol–water partition coefficient (Wildman–Crippen LogP) is 2.56. The Hall–Kier alpha value is 0.723. The van der Waals surface area contributed by atoms with Crippen LogP contribution in [0.25, 0.3) is 0 Å². The topological polar surface area (TPSA) is 0 Å². The van der Waals surface area contributed by atoms with Crippen LogP contribution in [0.1, 0.15) is 0 Å². The first-order valence-corrected chi connectivity index (χ1v) is 13.9. The van der Waals surface area contributed by atoms with E-state index >= 15 is 0 Å². The molecule has 0 saturated heterocycles. The monoisotopic (exact) mass is 266 g/mol. The summed E-state index contributed by atoms with van der Waals surface area (Å²) in [5.74, 6) is 4.68. The van der Waals surface area contributed by atoms with Crippen LogP contribution in [-0.4, -0.2) is 11.4 Å². The second-order valence-electron chi connectivity index (χ2n) is 2.45. The fourth-order valence-corrected chi connectivity index (χ4v) is 6.73. The Morgan fingerprint density at radius 3 is 2.44 bits per heavy atom. The van der Waals surface area contributed by atoms with Crippen molar-refractivity contribution in [2.45, 2.75) is 11.5 Å². The molecule has 1 rings (SSSR count). The van der Waals surface area contributed by atoms with Crippen LogP contribution in [0.5, 0.6) is 0 Å². The molecule has 0 aliphatic carbocycles. The molecule has 0 unspecified atom stereocenters. The third-order valence-electron chi connectivity index (χ3n) is 1.11. The Labute approximate surface area is 69.3 Å². The fraction of sp³-hybridized carbons (Fsp3) is 0.333. The summed E-state index contributed by atoms with van der Waals surface area (Å²) in [6, 6.07) is 4.34. The van der Waals surface area contributed by atoms with Crippen molar-refractivity contribution in [1.82, 2.24) is 0 Å². The molecule has 0 aliphatic rings. The van der Waals surface area contributed by atoms with E-state index in [0.717, 1.165) is 0 Å². The van der Waals surface area contributed by atoms with Crippen molar-refractivity contribution in [3.8, 4) is 0 Å². The second kappa shape index (κ2) is 2.76. The summed E-state index contributed by atoms with van der Waals surface area (Å²) in [5, 5.41) is 2.14. The zero-order valence-corrected chi connectivity index (χ0v) is 10.0. The summed E-state index contributed by atoms with van der Waals surface area (Å²) in [5.41, 5.74) is 0. The second-order valence-corrected chi connectivity index (χ2v) is 21.8. The quantitative estimate of drug-likeness (QED) is 0.685. The Kier molecular flexibility index (Phi) is 2.40. The predicted molar refractivity (Wildman–Crippen MR) is 50.4 cm³/mol. The number of thiophene rings is 1. The minimum absolute atomic E-state index is 1.56. The van der Waals surface area contributed by atoms with Gasteiger partial charge in [0.05, 0.1) is 0 Å². The van der Waals surface area contributed by atoms with Crippen LogP contribution in [0.2, 0.25) is 11.5 Å². The number of hydrogen-bond donors (Lipinski definition) is 0. The van der Waals surface area contributed by atoms with Gasteiger partial charge in [0.2, 0.25) is 0 Å². The molecular formula is C6H9BrGeS. The van der Waals surface area contributed by atoms with Crippen LogP contribution in [-0.2, 0) is 0 Å². The Morgan fingerprint density at radius 2 is 2.22 bits per heavy atom. The SMILES string of the molecule is [CH3][Ge]([CH3])([Br])[c]1cccs1. The minimum atomic E-state index is -1.61. The average Bonchev–Trinajstić information content (AvgIpc) is 2.08. The van der Waals surface area contributed by atoms with Gasteiger partial charge in [-0.3, -0.25) is 0 Å². The number of rotatable bonds is 1.